The fourth-order valence-corrected chi connectivity index (χ4v) is 6.32. The fourth-order valence-electron chi connectivity index (χ4n) is 4.84. The van der Waals surface area contributed by atoms with Crippen LogP contribution in [0.15, 0.2) is 29.4 Å². The summed E-state index contributed by atoms with van der Waals surface area (Å²) in [5.41, 5.74) is -0.0557. The van der Waals surface area contributed by atoms with Gasteiger partial charge in [0.05, 0.1) is 10.9 Å². The average molecular weight is 488 g/mol. The van der Waals surface area contributed by atoms with Crippen LogP contribution in [0.4, 0.5) is 23.2 Å². The number of alkyl halides is 2. The van der Waals surface area contributed by atoms with Crippen molar-refractivity contribution in [2.24, 2.45) is 11.0 Å². The molecule has 10 heteroatoms. The highest BCUT2D eigenvalue weighted by Crippen LogP contribution is 2.52. The average Bonchev–Trinajstić information content (AvgIpc) is 3.31. The molecule has 1 aromatic carbocycles. The zero-order valence-electron chi connectivity index (χ0n) is 17.4. The second-order valence-corrected chi connectivity index (χ2v) is 10.4. The smallest absolute Gasteiger partial charge is 0.297 e. The maximum atomic E-state index is 14.3. The maximum Gasteiger partial charge on any atom is 0.297 e. The van der Waals surface area contributed by atoms with Gasteiger partial charge in [-0.3, -0.25) is 5.01 Å². The molecule has 4 nitrogen and oxygen atoms in total. The Morgan fingerprint density at radius 1 is 1.22 bits per heavy atom. The van der Waals surface area contributed by atoms with Crippen LogP contribution in [0.5, 0.6) is 0 Å². The van der Waals surface area contributed by atoms with Gasteiger partial charge < -0.3 is 9.64 Å². The summed E-state index contributed by atoms with van der Waals surface area (Å²) in [4.78, 5) is 2.78. The van der Waals surface area contributed by atoms with Gasteiger partial charge in [0.25, 0.3) is 5.92 Å². The summed E-state index contributed by atoms with van der Waals surface area (Å²) in [6, 6.07) is 5.14. The molecule has 1 unspecified atom stereocenters. The number of piperidine rings is 1. The van der Waals surface area contributed by atoms with Gasteiger partial charge in [-0.15, -0.1) is 11.3 Å². The molecule has 5 rings (SSSR count). The van der Waals surface area contributed by atoms with Crippen molar-refractivity contribution in [1.29, 1.82) is 0 Å². The van der Waals surface area contributed by atoms with E-state index in [0.29, 0.717) is 48.2 Å². The molecule has 0 amide bonds. The first kappa shape index (κ1) is 22.1. The number of para-hydroxylation sites is 1. The summed E-state index contributed by atoms with van der Waals surface area (Å²) in [6.45, 7) is 3.62. The quantitative estimate of drug-likeness (QED) is 0.527. The Morgan fingerprint density at radius 3 is 2.59 bits per heavy atom. The van der Waals surface area contributed by atoms with E-state index in [1.807, 2.05) is 6.92 Å². The Kier molecular flexibility index (Phi) is 5.51. The van der Waals surface area contributed by atoms with Gasteiger partial charge in [0.15, 0.2) is 11.6 Å². The Bertz CT molecular complexity index is 1050. The van der Waals surface area contributed by atoms with E-state index in [1.165, 1.54) is 40.6 Å². The van der Waals surface area contributed by atoms with Crippen LogP contribution in [-0.4, -0.2) is 43.4 Å². The second-order valence-electron chi connectivity index (χ2n) is 8.67. The van der Waals surface area contributed by atoms with Gasteiger partial charge >= 0.3 is 0 Å². The molecule has 1 aromatic heterocycles. The van der Waals surface area contributed by atoms with Crippen LogP contribution in [-0.2, 0) is 16.3 Å². The minimum Gasteiger partial charge on any atom is -0.363 e. The van der Waals surface area contributed by atoms with Gasteiger partial charge in [-0.1, -0.05) is 17.7 Å². The maximum absolute atomic E-state index is 14.3. The molecule has 0 saturated carbocycles. The van der Waals surface area contributed by atoms with Crippen molar-refractivity contribution in [3.8, 4) is 0 Å². The minimum atomic E-state index is -3.02. The van der Waals surface area contributed by atoms with Gasteiger partial charge in [0, 0.05) is 41.7 Å². The molecule has 0 bridgehead atoms. The predicted molar refractivity (Wildman–Crippen MR) is 117 cm³/mol. The SMILES string of the molecule is CC1=NN(c2c(F)cccc2F)CC1CN1CCC2(CC1)OCC(F)(F)c1cc(Cl)sc12. The fraction of sp³-hybridized carbons (Fsp3) is 0.500. The van der Waals surface area contributed by atoms with E-state index >= 15 is 0 Å². The molecular weight excluding hydrogens is 466 g/mol. The third kappa shape index (κ3) is 3.73. The van der Waals surface area contributed by atoms with Crippen molar-refractivity contribution in [3.05, 3.63) is 50.7 Å². The molecule has 3 aliphatic rings. The summed E-state index contributed by atoms with van der Waals surface area (Å²) in [6.07, 6.45) is 1.17. The number of anilines is 1. The van der Waals surface area contributed by atoms with Crippen molar-refractivity contribution in [1.82, 2.24) is 4.90 Å². The summed E-state index contributed by atoms with van der Waals surface area (Å²) in [7, 11) is 0. The number of halogens is 5. The molecule has 4 heterocycles. The lowest BCUT2D eigenvalue weighted by atomic mass is 9.84. The highest BCUT2D eigenvalue weighted by molar-refractivity contribution is 7.16. The lowest BCUT2D eigenvalue weighted by molar-refractivity contribution is -0.181. The van der Waals surface area contributed by atoms with Crippen LogP contribution in [0.2, 0.25) is 4.34 Å². The Hall–Kier alpha value is -1.68. The molecule has 172 valence electrons. The molecule has 3 aliphatic heterocycles. The van der Waals surface area contributed by atoms with Crippen molar-refractivity contribution in [3.63, 3.8) is 0 Å². The van der Waals surface area contributed by atoms with Crippen molar-refractivity contribution in [2.45, 2.75) is 31.3 Å². The van der Waals surface area contributed by atoms with Crippen LogP contribution < -0.4 is 5.01 Å². The molecule has 1 spiro atoms. The number of rotatable bonds is 3. The van der Waals surface area contributed by atoms with E-state index < -0.39 is 29.8 Å². The van der Waals surface area contributed by atoms with E-state index in [-0.39, 0.29) is 17.2 Å². The standard InChI is InChI=1S/C22H22ClF4N3OS/c1-13-14(11-30(28-13)19-16(24)3-2-4-17(19)25)10-29-7-5-21(6-8-29)20-15(9-18(23)32-20)22(26,27)12-31-21/h2-4,9,14H,5-8,10-12H2,1H3. The van der Waals surface area contributed by atoms with E-state index in [2.05, 4.69) is 10.0 Å². The largest absolute Gasteiger partial charge is 0.363 e. The number of hydrogen-bond donors (Lipinski definition) is 0. The number of hydrazone groups is 1. The lowest BCUT2D eigenvalue weighted by Gasteiger charge is -2.45. The van der Waals surface area contributed by atoms with E-state index in [0.717, 1.165) is 5.71 Å². The van der Waals surface area contributed by atoms with Gasteiger partial charge in [0.1, 0.15) is 17.9 Å². The first-order valence-corrected chi connectivity index (χ1v) is 11.7. The highest BCUT2D eigenvalue weighted by Gasteiger charge is 2.51. The van der Waals surface area contributed by atoms with Crippen molar-refractivity contribution >= 4 is 34.3 Å². The van der Waals surface area contributed by atoms with E-state index in [9.17, 15) is 17.6 Å². The monoisotopic (exact) mass is 487 g/mol. The summed E-state index contributed by atoms with van der Waals surface area (Å²) >= 11 is 7.25. The predicted octanol–water partition coefficient (Wildman–Crippen LogP) is 5.61. The van der Waals surface area contributed by atoms with Crippen LogP contribution >= 0.6 is 22.9 Å². The molecule has 1 fully saturated rings. The molecule has 0 radical (unpaired) electrons. The van der Waals surface area contributed by atoms with E-state index in [1.54, 1.807) is 0 Å². The van der Waals surface area contributed by atoms with Gasteiger partial charge in [0.2, 0.25) is 0 Å². The molecule has 32 heavy (non-hydrogen) atoms. The minimum absolute atomic E-state index is 0.00599. The zero-order valence-corrected chi connectivity index (χ0v) is 19.0. The molecule has 1 atom stereocenters. The second kappa shape index (κ2) is 7.97. The number of ether oxygens (including phenoxy) is 1. The number of likely N-dealkylation sites (tertiary alicyclic amines) is 1. The van der Waals surface area contributed by atoms with Crippen molar-refractivity contribution < 1.29 is 22.3 Å². The summed E-state index contributed by atoms with van der Waals surface area (Å²) in [5.74, 6) is -4.28. The van der Waals surface area contributed by atoms with Gasteiger partial charge in [-0.25, -0.2) is 8.78 Å². The third-order valence-electron chi connectivity index (χ3n) is 6.64. The van der Waals surface area contributed by atoms with Gasteiger partial charge in [-0.2, -0.15) is 13.9 Å². The highest BCUT2D eigenvalue weighted by atomic mass is 35.5. The topological polar surface area (TPSA) is 28.1 Å². The lowest BCUT2D eigenvalue weighted by Crippen LogP contribution is -2.50. The third-order valence-corrected chi connectivity index (χ3v) is 8.09. The summed E-state index contributed by atoms with van der Waals surface area (Å²) < 4.78 is 63.1. The van der Waals surface area contributed by atoms with Crippen LogP contribution in [0.25, 0.3) is 0 Å². The van der Waals surface area contributed by atoms with Crippen LogP contribution in [0.3, 0.4) is 0 Å². The van der Waals surface area contributed by atoms with Crippen LogP contribution in [0, 0.1) is 17.6 Å². The molecule has 1 saturated heterocycles. The Balaban J connectivity index is 1.26. The molecule has 0 aliphatic carbocycles. The Morgan fingerprint density at radius 2 is 1.91 bits per heavy atom. The zero-order chi connectivity index (χ0) is 22.7. The number of benzene rings is 1. The Labute approximate surface area is 192 Å². The number of thiophene rings is 1. The summed E-state index contributed by atoms with van der Waals surface area (Å²) in [5, 5.41) is 5.77. The first-order chi connectivity index (χ1) is 15.2. The normalized spacial score (nSPS) is 24.6. The molecule has 2 aromatic rings. The van der Waals surface area contributed by atoms with E-state index in [4.69, 9.17) is 16.3 Å². The molecule has 0 N–H and O–H groups in total. The first-order valence-electron chi connectivity index (χ1n) is 10.5. The van der Waals surface area contributed by atoms with Gasteiger partial charge in [-0.05, 0) is 38.0 Å². The number of hydrogen-bond acceptors (Lipinski definition) is 5. The van der Waals surface area contributed by atoms with Crippen molar-refractivity contribution in [2.75, 3.05) is 37.8 Å². The number of nitrogens with zero attached hydrogens (tertiary/aromatic N) is 3. The molecular formula is C22H22ClF4N3OS. The number of fused-ring (bicyclic) bond motifs is 2. The van der Waals surface area contributed by atoms with Crippen LogP contribution in [0.1, 0.15) is 30.2 Å².